The van der Waals surface area contributed by atoms with E-state index >= 15 is 0 Å². The van der Waals surface area contributed by atoms with Gasteiger partial charge in [0, 0.05) is 12.8 Å². The molecule has 0 aliphatic heterocycles. The summed E-state index contributed by atoms with van der Waals surface area (Å²) in [6.45, 7) is 14.9. The van der Waals surface area contributed by atoms with Gasteiger partial charge in [0.05, 0.1) is 0 Å². The first kappa shape index (κ1) is 36.5. The standard InChI is InChI=1S/C43H72O2/c1-7-8-9-10-11-12-13-14-15-16-17-18-19-23-41(44)45-36-28-30-42(5)35(32-36)24-25-37-39-27-26-38(34(4)22-20-21-33(2)3)43(39,6)31-29-40(37)42/h9-10,12-13,24,33-34,36-40H,7-8,11,14-23,25-32H2,1-6H3/b10-9+,13-12+/t34-,36+,37+,38-,39+,40+,42+,43-/m1/s1. The third-order valence-electron chi connectivity index (χ3n) is 13.4. The van der Waals surface area contributed by atoms with Crippen LogP contribution in [-0.2, 0) is 9.53 Å². The Morgan fingerprint density at radius 2 is 1.62 bits per heavy atom. The zero-order chi connectivity index (χ0) is 32.3. The van der Waals surface area contributed by atoms with Crippen LogP contribution in [0.2, 0.25) is 0 Å². The normalized spacial score (nSPS) is 33.7. The van der Waals surface area contributed by atoms with E-state index in [9.17, 15) is 4.79 Å². The summed E-state index contributed by atoms with van der Waals surface area (Å²) in [7, 11) is 0. The fraction of sp³-hybridized carbons (Fsp3) is 0.837. The molecular weight excluding hydrogens is 548 g/mol. The van der Waals surface area contributed by atoms with Crippen molar-refractivity contribution in [3.8, 4) is 0 Å². The van der Waals surface area contributed by atoms with Crippen LogP contribution in [0.25, 0.3) is 0 Å². The highest BCUT2D eigenvalue weighted by atomic mass is 16.5. The van der Waals surface area contributed by atoms with E-state index in [-0.39, 0.29) is 12.1 Å². The highest BCUT2D eigenvalue weighted by Crippen LogP contribution is 2.67. The molecule has 0 spiro atoms. The molecule has 0 N–H and O–H groups in total. The summed E-state index contributed by atoms with van der Waals surface area (Å²) in [6.07, 6.45) is 37.6. The number of allylic oxidation sites excluding steroid dienone is 5. The van der Waals surface area contributed by atoms with Crippen LogP contribution in [0.5, 0.6) is 0 Å². The monoisotopic (exact) mass is 621 g/mol. The Labute approximate surface area is 279 Å². The Morgan fingerprint density at radius 3 is 2.40 bits per heavy atom. The van der Waals surface area contributed by atoms with Gasteiger partial charge in [-0.3, -0.25) is 4.79 Å². The fourth-order valence-corrected chi connectivity index (χ4v) is 10.7. The number of esters is 1. The predicted molar refractivity (Wildman–Crippen MR) is 193 cm³/mol. The van der Waals surface area contributed by atoms with E-state index in [1.807, 2.05) is 0 Å². The van der Waals surface area contributed by atoms with Gasteiger partial charge in [0.1, 0.15) is 6.10 Å². The van der Waals surface area contributed by atoms with Gasteiger partial charge in [0.2, 0.25) is 0 Å². The largest absolute Gasteiger partial charge is 0.462 e. The van der Waals surface area contributed by atoms with Gasteiger partial charge < -0.3 is 4.74 Å². The first-order chi connectivity index (χ1) is 21.7. The molecule has 45 heavy (non-hydrogen) atoms. The lowest BCUT2D eigenvalue weighted by Crippen LogP contribution is -2.51. The average Bonchev–Trinajstić information content (AvgIpc) is 3.37. The number of carbonyl (C=O) groups excluding carboxylic acids is 1. The number of fused-ring (bicyclic) bond motifs is 5. The first-order valence-electron chi connectivity index (χ1n) is 19.9. The van der Waals surface area contributed by atoms with Gasteiger partial charge in [-0.15, -0.1) is 0 Å². The molecule has 0 unspecified atom stereocenters. The summed E-state index contributed by atoms with van der Waals surface area (Å²) in [6, 6.07) is 0. The van der Waals surface area contributed by atoms with Crippen LogP contribution >= 0.6 is 0 Å². The Balaban J connectivity index is 1.16. The van der Waals surface area contributed by atoms with E-state index in [1.54, 1.807) is 5.57 Å². The summed E-state index contributed by atoms with van der Waals surface area (Å²) in [5.74, 6) is 5.30. The maximum atomic E-state index is 12.8. The van der Waals surface area contributed by atoms with E-state index in [2.05, 4.69) is 71.9 Å². The van der Waals surface area contributed by atoms with Crippen LogP contribution in [0.3, 0.4) is 0 Å². The van der Waals surface area contributed by atoms with Crippen molar-refractivity contribution in [1.82, 2.24) is 0 Å². The van der Waals surface area contributed by atoms with Gasteiger partial charge >= 0.3 is 5.97 Å². The molecule has 4 aliphatic rings. The maximum Gasteiger partial charge on any atom is 0.306 e. The molecule has 0 heterocycles. The van der Waals surface area contributed by atoms with E-state index in [0.29, 0.717) is 17.3 Å². The van der Waals surface area contributed by atoms with Crippen molar-refractivity contribution in [2.75, 3.05) is 0 Å². The number of ether oxygens (including phenoxy) is 1. The SMILES string of the molecule is CCC/C=C/C/C=C/CCCCCCCC(=O)O[C@H]1CC[C@@]2(C)C(=CC[C@H]3[C@@H]4CC[C@H]([C@H](C)CCCC(C)C)[C@@]4(C)CC[C@@H]32)C1. The predicted octanol–water partition coefficient (Wildman–Crippen LogP) is 13.0. The summed E-state index contributed by atoms with van der Waals surface area (Å²) in [4.78, 5) is 12.8. The second-order valence-electron chi connectivity index (χ2n) is 16.9. The molecule has 0 aromatic carbocycles. The van der Waals surface area contributed by atoms with Crippen molar-refractivity contribution in [2.24, 2.45) is 46.3 Å². The highest BCUT2D eigenvalue weighted by Gasteiger charge is 2.59. The van der Waals surface area contributed by atoms with Crippen molar-refractivity contribution in [1.29, 1.82) is 0 Å². The molecule has 8 atom stereocenters. The lowest BCUT2D eigenvalue weighted by Gasteiger charge is -2.58. The molecule has 3 fully saturated rings. The minimum absolute atomic E-state index is 0.0462. The minimum atomic E-state index is 0.0462. The minimum Gasteiger partial charge on any atom is -0.462 e. The Kier molecular flexibility index (Phi) is 14.4. The number of hydrogen-bond donors (Lipinski definition) is 0. The molecule has 2 nitrogen and oxygen atoms in total. The molecule has 4 aliphatic carbocycles. The molecule has 0 saturated heterocycles. The molecule has 0 aromatic heterocycles. The highest BCUT2D eigenvalue weighted by molar-refractivity contribution is 5.69. The second kappa shape index (κ2) is 17.7. The Bertz CT molecular complexity index is 988. The smallest absolute Gasteiger partial charge is 0.306 e. The zero-order valence-corrected chi connectivity index (χ0v) is 30.6. The average molecular weight is 621 g/mol. The number of unbranched alkanes of at least 4 members (excludes halogenated alkanes) is 6. The summed E-state index contributed by atoms with van der Waals surface area (Å²) < 4.78 is 6.11. The van der Waals surface area contributed by atoms with Gasteiger partial charge in [-0.05, 0) is 123 Å². The molecule has 4 rings (SSSR count). The molecule has 0 aromatic rings. The Morgan fingerprint density at radius 1 is 0.867 bits per heavy atom. The van der Waals surface area contributed by atoms with Crippen molar-refractivity contribution in [3.05, 3.63) is 36.0 Å². The molecule has 0 radical (unpaired) electrons. The summed E-state index contributed by atoms with van der Waals surface area (Å²) >= 11 is 0. The van der Waals surface area contributed by atoms with E-state index in [1.165, 1.54) is 96.3 Å². The second-order valence-corrected chi connectivity index (χ2v) is 16.9. The first-order valence-corrected chi connectivity index (χ1v) is 19.9. The molecule has 256 valence electrons. The van der Waals surface area contributed by atoms with Gasteiger partial charge in [-0.2, -0.15) is 0 Å². The molecule has 3 saturated carbocycles. The summed E-state index contributed by atoms with van der Waals surface area (Å²) in [5.41, 5.74) is 2.52. The van der Waals surface area contributed by atoms with E-state index in [0.717, 1.165) is 67.6 Å². The third-order valence-corrected chi connectivity index (χ3v) is 13.4. The summed E-state index contributed by atoms with van der Waals surface area (Å²) in [5, 5.41) is 0. The lowest BCUT2D eigenvalue weighted by atomic mass is 9.47. The van der Waals surface area contributed by atoms with Crippen molar-refractivity contribution >= 4 is 5.97 Å². The van der Waals surface area contributed by atoms with Crippen molar-refractivity contribution in [2.45, 2.75) is 182 Å². The van der Waals surface area contributed by atoms with Crippen molar-refractivity contribution in [3.63, 3.8) is 0 Å². The van der Waals surface area contributed by atoms with Crippen LogP contribution in [0.15, 0.2) is 36.0 Å². The van der Waals surface area contributed by atoms with Crippen LogP contribution in [-0.4, -0.2) is 12.1 Å². The van der Waals surface area contributed by atoms with Gasteiger partial charge in [-0.25, -0.2) is 0 Å². The van der Waals surface area contributed by atoms with Gasteiger partial charge in [-0.1, -0.05) is 122 Å². The quantitative estimate of drug-likeness (QED) is 0.0865. The van der Waals surface area contributed by atoms with Crippen LogP contribution < -0.4 is 0 Å². The fourth-order valence-electron chi connectivity index (χ4n) is 10.7. The van der Waals surface area contributed by atoms with Crippen LogP contribution in [0.4, 0.5) is 0 Å². The van der Waals surface area contributed by atoms with Gasteiger partial charge in [0.15, 0.2) is 0 Å². The third kappa shape index (κ3) is 9.63. The van der Waals surface area contributed by atoms with Crippen LogP contribution in [0.1, 0.15) is 176 Å². The number of carbonyl (C=O) groups is 1. The lowest BCUT2D eigenvalue weighted by molar-refractivity contribution is -0.151. The Hall–Kier alpha value is -1.31. The number of rotatable bonds is 18. The maximum absolute atomic E-state index is 12.8. The topological polar surface area (TPSA) is 26.3 Å². The van der Waals surface area contributed by atoms with Gasteiger partial charge in [0.25, 0.3) is 0 Å². The molecule has 0 bridgehead atoms. The van der Waals surface area contributed by atoms with E-state index < -0.39 is 0 Å². The van der Waals surface area contributed by atoms with Crippen molar-refractivity contribution < 1.29 is 9.53 Å². The molecule has 0 amide bonds. The molecule has 2 heteroatoms. The number of hydrogen-bond acceptors (Lipinski definition) is 2. The van der Waals surface area contributed by atoms with E-state index in [4.69, 9.17) is 4.74 Å². The molecular formula is C43H72O2. The zero-order valence-electron chi connectivity index (χ0n) is 30.6. The van der Waals surface area contributed by atoms with Crippen LogP contribution in [0, 0.1) is 46.3 Å².